The lowest BCUT2D eigenvalue weighted by atomic mass is 10.2. The lowest BCUT2D eigenvalue weighted by Gasteiger charge is -2.07. The first-order valence-electron chi connectivity index (χ1n) is 5.90. The Labute approximate surface area is 121 Å². The van der Waals surface area contributed by atoms with E-state index >= 15 is 0 Å². The quantitative estimate of drug-likeness (QED) is 0.731. The van der Waals surface area contributed by atoms with Crippen molar-refractivity contribution in [2.75, 3.05) is 19.0 Å². The van der Waals surface area contributed by atoms with Crippen molar-refractivity contribution in [1.29, 1.82) is 0 Å². The molecule has 0 saturated carbocycles. The molecule has 0 heterocycles. The van der Waals surface area contributed by atoms with Gasteiger partial charge in [-0.05, 0) is 5.56 Å². The normalized spacial score (nSPS) is 9.65. The first kappa shape index (κ1) is 16.0. The maximum absolute atomic E-state index is 11.3. The second-order valence-electron chi connectivity index (χ2n) is 3.86. The zero-order chi connectivity index (χ0) is 14.8. The van der Waals surface area contributed by atoms with Gasteiger partial charge < -0.3 is 15.4 Å². The Kier molecular flexibility index (Phi) is 7.13. The van der Waals surface area contributed by atoms with Crippen LogP contribution in [-0.2, 0) is 20.9 Å². The summed E-state index contributed by atoms with van der Waals surface area (Å²) in [5.41, 5.74) is 0.847. The number of nitrogens with one attached hydrogen (secondary N) is 2. The third kappa shape index (κ3) is 6.75. The van der Waals surface area contributed by atoms with Crippen molar-refractivity contribution >= 4 is 29.4 Å². The van der Waals surface area contributed by atoms with Gasteiger partial charge in [0.2, 0.25) is 5.91 Å². The van der Waals surface area contributed by atoms with E-state index < -0.39 is 12.0 Å². The molecule has 0 aliphatic carbocycles. The Morgan fingerprint density at radius 2 is 1.75 bits per heavy atom. The molecule has 20 heavy (non-hydrogen) atoms. The number of rotatable bonds is 7. The van der Waals surface area contributed by atoms with Crippen molar-refractivity contribution in [3.63, 3.8) is 0 Å². The Bertz CT molecular complexity index is 465. The summed E-state index contributed by atoms with van der Waals surface area (Å²) < 4.78 is 4.91. The minimum atomic E-state index is -0.701. The maximum atomic E-state index is 11.3. The summed E-state index contributed by atoms with van der Waals surface area (Å²) in [4.78, 5) is 33.4. The van der Waals surface area contributed by atoms with Gasteiger partial charge in [0.1, 0.15) is 13.2 Å². The minimum Gasteiger partial charge on any atom is -0.445 e. The Hall–Kier alpha value is -2.08. The molecule has 2 amide bonds. The molecule has 6 nitrogen and oxygen atoms in total. The molecule has 0 fully saturated rings. The maximum Gasteiger partial charge on any atom is 0.407 e. The van der Waals surface area contributed by atoms with Gasteiger partial charge in [0.15, 0.2) is 5.78 Å². The topological polar surface area (TPSA) is 84.5 Å². The molecule has 0 aromatic heterocycles. The Balaban J connectivity index is 2.16. The number of Topliss-reactive ketones (excluding diaryl/α,β-unsaturated/α-hetero) is 1. The molecule has 0 radical (unpaired) electrons. The van der Waals surface area contributed by atoms with Gasteiger partial charge in [-0.1, -0.05) is 30.3 Å². The molecule has 0 saturated heterocycles. The third-order valence-electron chi connectivity index (χ3n) is 2.24. The molecule has 0 aliphatic rings. The van der Waals surface area contributed by atoms with E-state index in [1.807, 2.05) is 30.3 Å². The molecule has 0 atom stereocenters. The smallest absolute Gasteiger partial charge is 0.407 e. The standard InChI is InChI=1S/C13H15ClN2O4/c14-6-11(17)7-15-12(18)8-16-13(19)20-9-10-4-2-1-3-5-10/h1-5H,6-9H2,(H,15,18)(H,16,19). The van der Waals surface area contributed by atoms with E-state index in [1.165, 1.54) is 0 Å². The molecule has 0 bridgehead atoms. The largest absolute Gasteiger partial charge is 0.445 e. The summed E-state index contributed by atoms with van der Waals surface area (Å²) in [7, 11) is 0. The van der Waals surface area contributed by atoms with Gasteiger partial charge in [-0.3, -0.25) is 9.59 Å². The van der Waals surface area contributed by atoms with Crippen molar-refractivity contribution in [3.05, 3.63) is 35.9 Å². The number of amides is 2. The number of ether oxygens (including phenoxy) is 1. The highest BCUT2D eigenvalue weighted by Crippen LogP contribution is 2.00. The van der Waals surface area contributed by atoms with E-state index in [0.717, 1.165) is 5.56 Å². The van der Waals surface area contributed by atoms with Crippen LogP contribution < -0.4 is 10.6 Å². The average Bonchev–Trinajstić information content (AvgIpc) is 2.49. The van der Waals surface area contributed by atoms with Crippen LogP contribution in [0.25, 0.3) is 0 Å². The van der Waals surface area contributed by atoms with Gasteiger partial charge >= 0.3 is 6.09 Å². The second-order valence-corrected chi connectivity index (χ2v) is 4.13. The number of alkyl carbamates (subject to hydrolysis) is 1. The van der Waals surface area contributed by atoms with E-state index in [-0.39, 0.29) is 31.4 Å². The number of alkyl halides is 1. The van der Waals surface area contributed by atoms with E-state index in [4.69, 9.17) is 16.3 Å². The summed E-state index contributed by atoms with van der Waals surface area (Å²) in [5.74, 6) is -0.945. The van der Waals surface area contributed by atoms with Crippen LogP contribution in [0.15, 0.2) is 30.3 Å². The molecule has 0 unspecified atom stereocenters. The number of hydrogen-bond acceptors (Lipinski definition) is 4. The second kappa shape index (κ2) is 8.92. The van der Waals surface area contributed by atoms with E-state index in [1.54, 1.807) is 0 Å². The molecular weight excluding hydrogens is 284 g/mol. The van der Waals surface area contributed by atoms with Crippen LogP contribution >= 0.6 is 11.6 Å². The number of benzene rings is 1. The van der Waals surface area contributed by atoms with E-state index in [2.05, 4.69) is 10.6 Å². The van der Waals surface area contributed by atoms with Crippen molar-refractivity contribution in [1.82, 2.24) is 10.6 Å². The zero-order valence-electron chi connectivity index (χ0n) is 10.7. The molecule has 1 aromatic carbocycles. The number of halogens is 1. The van der Waals surface area contributed by atoms with Crippen LogP contribution in [0.4, 0.5) is 4.79 Å². The highest BCUT2D eigenvalue weighted by Gasteiger charge is 2.07. The van der Waals surface area contributed by atoms with Gasteiger partial charge in [0, 0.05) is 0 Å². The van der Waals surface area contributed by atoms with Gasteiger partial charge in [-0.15, -0.1) is 11.6 Å². The lowest BCUT2D eigenvalue weighted by Crippen LogP contribution is -2.39. The average molecular weight is 299 g/mol. The molecule has 7 heteroatoms. The first-order chi connectivity index (χ1) is 9.61. The van der Waals surface area contributed by atoms with Gasteiger partial charge in [0.25, 0.3) is 0 Å². The number of carbonyl (C=O) groups is 3. The number of ketones is 1. The highest BCUT2D eigenvalue weighted by molar-refractivity contribution is 6.28. The SMILES string of the molecule is O=C(CCl)CNC(=O)CNC(=O)OCc1ccccc1. The van der Waals surface area contributed by atoms with Crippen molar-refractivity contribution in [3.8, 4) is 0 Å². The van der Waals surface area contributed by atoms with Gasteiger partial charge in [0.05, 0.1) is 12.4 Å². The molecule has 108 valence electrons. The van der Waals surface area contributed by atoms with Crippen LogP contribution in [0.2, 0.25) is 0 Å². The predicted octanol–water partition coefficient (Wildman–Crippen LogP) is 0.837. The molecular formula is C13H15ClN2O4. The third-order valence-corrected chi connectivity index (χ3v) is 2.54. The molecule has 0 spiro atoms. The van der Waals surface area contributed by atoms with E-state index in [0.29, 0.717) is 0 Å². The van der Waals surface area contributed by atoms with E-state index in [9.17, 15) is 14.4 Å². The van der Waals surface area contributed by atoms with Crippen LogP contribution in [-0.4, -0.2) is 36.8 Å². The van der Waals surface area contributed by atoms with Crippen LogP contribution in [0.5, 0.6) is 0 Å². The highest BCUT2D eigenvalue weighted by atomic mass is 35.5. The number of carbonyl (C=O) groups excluding carboxylic acids is 3. The van der Waals surface area contributed by atoms with Gasteiger partial charge in [-0.2, -0.15) is 0 Å². The summed E-state index contributed by atoms with van der Waals surface area (Å²) in [6.45, 7) is -0.286. The zero-order valence-corrected chi connectivity index (χ0v) is 11.5. The predicted molar refractivity (Wildman–Crippen MR) is 73.4 cm³/mol. The van der Waals surface area contributed by atoms with Crippen molar-refractivity contribution < 1.29 is 19.1 Å². The molecule has 1 aromatic rings. The Morgan fingerprint density at radius 3 is 2.40 bits per heavy atom. The van der Waals surface area contributed by atoms with Crippen LogP contribution in [0.1, 0.15) is 5.56 Å². The van der Waals surface area contributed by atoms with Crippen molar-refractivity contribution in [2.45, 2.75) is 6.61 Å². The van der Waals surface area contributed by atoms with Crippen LogP contribution in [0, 0.1) is 0 Å². The summed E-state index contributed by atoms with van der Waals surface area (Å²) in [6.07, 6.45) is -0.701. The fourth-order valence-corrected chi connectivity index (χ4v) is 1.33. The Morgan fingerprint density at radius 1 is 1.05 bits per heavy atom. The molecule has 1 rings (SSSR count). The van der Waals surface area contributed by atoms with Gasteiger partial charge in [-0.25, -0.2) is 4.79 Å². The molecule has 2 N–H and O–H groups in total. The first-order valence-corrected chi connectivity index (χ1v) is 6.44. The fourth-order valence-electron chi connectivity index (χ4n) is 1.23. The molecule has 0 aliphatic heterocycles. The minimum absolute atomic E-state index is 0.124. The number of hydrogen-bond donors (Lipinski definition) is 2. The lowest BCUT2D eigenvalue weighted by molar-refractivity contribution is -0.123. The van der Waals surface area contributed by atoms with Crippen LogP contribution in [0.3, 0.4) is 0 Å². The summed E-state index contributed by atoms with van der Waals surface area (Å²) in [5, 5.41) is 4.60. The van der Waals surface area contributed by atoms with Crippen molar-refractivity contribution in [2.24, 2.45) is 0 Å². The summed E-state index contributed by atoms with van der Waals surface area (Å²) >= 11 is 5.27. The monoisotopic (exact) mass is 298 g/mol. The fraction of sp³-hybridized carbons (Fsp3) is 0.308. The summed E-state index contributed by atoms with van der Waals surface area (Å²) in [6, 6.07) is 9.15.